The summed E-state index contributed by atoms with van der Waals surface area (Å²) in [5.74, 6) is -1.02. The number of hydrogen-bond acceptors (Lipinski definition) is 5. The highest BCUT2D eigenvalue weighted by molar-refractivity contribution is 6.37. The Morgan fingerprint density at radius 3 is 2.23 bits per heavy atom. The number of ether oxygens (including phenoxy) is 2. The Kier molecular flexibility index (Phi) is 6.45. The number of amides is 1. The lowest BCUT2D eigenvalue weighted by molar-refractivity contribution is -0.123. The summed E-state index contributed by atoms with van der Waals surface area (Å²) < 4.78 is 10.1. The van der Waals surface area contributed by atoms with Crippen LogP contribution in [0.5, 0.6) is 5.75 Å². The highest BCUT2D eigenvalue weighted by Crippen LogP contribution is 2.34. The minimum atomic E-state index is -1.06. The molecule has 2 rings (SSSR count). The van der Waals surface area contributed by atoms with E-state index in [0.717, 1.165) is 0 Å². The van der Waals surface area contributed by atoms with Crippen LogP contribution < -0.4 is 10.1 Å². The van der Waals surface area contributed by atoms with Crippen molar-refractivity contribution in [2.24, 2.45) is 0 Å². The first-order valence-electron chi connectivity index (χ1n) is 7.40. The van der Waals surface area contributed by atoms with E-state index in [1.165, 1.54) is 26.2 Å². The van der Waals surface area contributed by atoms with Crippen molar-refractivity contribution in [1.29, 1.82) is 5.26 Å². The molecular weight excluding hydrogens is 379 g/mol. The molecule has 2 aromatic carbocycles. The zero-order valence-electron chi connectivity index (χ0n) is 13.9. The number of hydrogen-bond donors (Lipinski definition) is 1. The Morgan fingerprint density at radius 2 is 1.73 bits per heavy atom. The number of carbonyl (C=O) groups is 2. The Balaban J connectivity index is 2.04. The maximum Gasteiger partial charge on any atom is 0.339 e. The van der Waals surface area contributed by atoms with Crippen LogP contribution in [0, 0.1) is 11.3 Å². The molecule has 0 aliphatic heterocycles. The number of rotatable bonds is 5. The van der Waals surface area contributed by atoms with E-state index in [1.54, 1.807) is 24.3 Å². The van der Waals surface area contributed by atoms with Gasteiger partial charge in [-0.2, -0.15) is 5.26 Å². The fourth-order valence-corrected chi connectivity index (χ4v) is 2.67. The van der Waals surface area contributed by atoms with Gasteiger partial charge in [0, 0.05) is 5.69 Å². The van der Waals surface area contributed by atoms with E-state index >= 15 is 0 Å². The van der Waals surface area contributed by atoms with Gasteiger partial charge in [-0.25, -0.2) is 4.79 Å². The summed E-state index contributed by atoms with van der Waals surface area (Å²) in [5, 5.41) is 11.7. The highest BCUT2D eigenvalue weighted by Gasteiger charge is 2.21. The van der Waals surface area contributed by atoms with Crippen molar-refractivity contribution in [2.45, 2.75) is 13.0 Å². The van der Waals surface area contributed by atoms with Gasteiger partial charge in [-0.1, -0.05) is 23.2 Å². The van der Waals surface area contributed by atoms with Gasteiger partial charge in [-0.15, -0.1) is 0 Å². The molecule has 0 saturated heterocycles. The number of nitriles is 1. The second-order valence-electron chi connectivity index (χ2n) is 5.20. The maximum atomic E-state index is 12.2. The van der Waals surface area contributed by atoms with Crippen LogP contribution in [0.3, 0.4) is 0 Å². The monoisotopic (exact) mass is 392 g/mol. The first-order chi connectivity index (χ1) is 12.3. The van der Waals surface area contributed by atoms with E-state index in [4.69, 9.17) is 37.9 Å². The number of methoxy groups -OCH3 is 1. The van der Waals surface area contributed by atoms with E-state index in [0.29, 0.717) is 11.3 Å². The zero-order valence-corrected chi connectivity index (χ0v) is 15.4. The third-order valence-corrected chi connectivity index (χ3v) is 3.93. The number of halogens is 2. The summed E-state index contributed by atoms with van der Waals surface area (Å²) in [5.41, 5.74) is 1.04. The molecule has 0 unspecified atom stereocenters. The van der Waals surface area contributed by atoms with E-state index in [1.807, 2.05) is 6.07 Å². The summed E-state index contributed by atoms with van der Waals surface area (Å²) in [6, 6.07) is 11.0. The SMILES string of the molecule is COc1c(Cl)cc(C(=O)O[C@@H](C)C(=O)Nc2ccc(C#N)cc2)cc1Cl. The van der Waals surface area contributed by atoms with Gasteiger partial charge in [0.25, 0.3) is 5.91 Å². The third-order valence-electron chi connectivity index (χ3n) is 3.37. The first kappa shape index (κ1) is 19.6. The lowest BCUT2D eigenvalue weighted by Crippen LogP contribution is -2.30. The largest absolute Gasteiger partial charge is 0.494 e. The van der Waals surface area contributed by atoms with Crippen LogP contribution in [0.25, 0.3) is 0 Å². The Bertz CT molecular complexity index is 853. The highest BCUT2D eigenvalue weighted by atomic mass is 35.5. The Labute approximate surface area is 160 Å². The molecule has 26 heavy (non-hydrogen) atoms. The van der Waals surface area contributed by atoms with Gasteiger partial charge in [0.05, 0.1) is 34.4 Å². The van der Waals surface area contributed by atoms with Crippen molar-refractivity contribution in [3.05, 3.63) is 57.6 Å². The number of carbonyl (C=O) groups excluding carboxylic acids is 2. The minimum absolute atomic E-state index is 0.0961. The lowest BCUT2D eigenvalue weighted by Gasteiger charge is -2.14. The quantitative estimate of drug-likeness (QED) is 0.774. The first-order valence-corrected chi connectivity index (χ1v) is 8.16. The van der Waals surface area contributed by atoms with Crippen LogP contribution in [-0.2, 0) is 9.53 Å². The van der Waals surface area contributed by atoms with Gasteiger partial charge in [-0.3, -0.25) is 4.79 Å². The molecule has 1 N–H and O–H groups in total. The molecule has 0 fully saturated rings. The fourth-order valence-electron chi connectivity index (χ4n) is 2.03. The van der Waals surface area contributed by atoms with Crippen LogP contribution in [0.2, 0.25) is 10.0 Å². The fraction of sp³-hybridized carbons (Fsp3) is 0.167. The summed E-state index contributed by atoms with van der Waals surface area (Å²) in [6.45, 7) is 1.43. The van der Waals surface area contributed by atoms with Crippen molar-refractivity contribution in [3.8, 4) is 11.8 Å². The number of nitrogens with one attached hydrogen (secondary N) is 1. The predicted molar refractivity (Wildman–Crippen MR) is 97.7 cm³/mol. The van der Waals surface area contributed by atoms with Gasteiger partial charge in [0.15, 0.2) is 11.9 Å². The number of esters is 1. The number of nitrogens with zero attached hydrogens (tertiary/aromatic N) is 1. The van der Waals surface area contributed by atoms with Crippen molar-refractivity contribution in [1.82, 2.24) is 0 Å². The van der Waals surface area contributed by atoms with E-state index < -0.39 is 18.0 Å². The van der Waals surface area contributed by atoms with Crippen molar-refractivity contribution < 1.29 is 19.1 Å². The summed E-state index contributed by atoms with van der Waals surface area (Å²) in [7, 11) is 1.40. The van der Waals surface area contributed by atoms with Crippen molar-refractivity contribution >= 4 is 40.8 Å². The molecule has 0 aliphatic rings. The van der Waals surface area contributed by atoms with Crippen LogP contribution >= 0.6 is 23.2 Å². The van der Waals surface area contributed by atoms with Crippen LogP contribution in [0.4, 0.5) is 5.69 Å². The molecule has 1 atom stereocenters. The normalized spacial score (nSPS) is 11.2. The molecule has 2 aromatic rings. The van der Waals surface area contributed by atoms with Gasteiger partial charge >= 0.3 is 5.97 Å². The topological polar surface area (TPSA) is 88.4 Å². The van der Waals surface area contributed by atoms with Crippen LogP contribution in [0.1, 0.15) is 22.8 Å². The molecule has 0 aliphatic carbocycles. The summed E-state index contributed by atoms with van der Waals surface area (Å²) >= 11 is 12.0. The maximum absolute atomic E-state index is 12.2. The van der Waals surface area contributed by atoms with Crippen LogP contribution in [0.15, 0.2) is 36.4 Å². The van der Waals surface area contributed by atoms with Crippen molar-refractivity contribution in [3.63, 3.8) is 0 Å². The van der Waals surface area contributed by atoms with Gasteiger partial charge in [0.1, 0.15) is 0 Å². The second kappa shape index (κ2) is 8.56. The van der Waals surface area contributed by atoms with Gasteiger partial charge < -0.3 is 14.8 Å². The lowest BCUT2D eigenvalue weighted by atomic mass is 10.2. The molecule has 0 aromatic heterocycles. The van der Waals surface area contributed by atoms with Gasteiger partial charge in [-0.05, 0) is 43.3 Å². The smallest absolute Gasteiger partial charge is 0.339 e. The van der Waals surface area contributed by atoms with E-state index in [9.17, 15) is 9.59 Å². The van der Waals surface area contributed by atoms with E-state index in [2.05, 4.69) is 5.32 Å². The molecular formula is C18H14Cl2N2O4. The molecule has 0 bridgehead atoms. The number of anilines is 1. The van der Waals surface area contributed by atoms with Crippen LogP contribution in [-0.4, -0.2) is 25.1 Å². The average Bonchev–Trinajstić information content (AvgIpc) is 2.61. The van der Waals surface area contributed by atoms with Gasteiger partial charge in [0.2, 0.25) is 0 Å². The average molecular weight is 393 g/mol. The Morgan fingerprint density at radius 1 is 1.15 bits per heavy atom. The van der Waals surface area contributed by atoms with E-state index in [-0.39, 0.29) is 21.4 Å². The molecule has 134 valence electrons. The molecule has 0 saturated carbocycles. The molecule has 0 spiro atoms. The predicted octanol–water partition coefficient (Wildman–Crippen LogP) is 4.06. The minimum Gasteiger partial charge on any atom is -0.494 e. The molecule has 0 heterocycles. The molecule has 1 amide bonds. The van der Waals surface area contributed by atoms with Crippen molar-refractivity contribution in [2.75, 3.05) is 12.4 Å². The third kappa shape index (κ3) is 4.66. The molecule has 6 nitrogen and oxygen atoms in total. The molecule has 8 heteroatoms. The number of benzene rings is 2. The Hall–Kier alpha value is -2.75. The summed E-state index contributed by atoms with van der Waals surface area (Å²) in [6.07, 6.45) is -1.06. The molecule has 0 radical (unpaired) electrons. The second-order valence-corrected chi connectivity index (χ2v) is 6.01. The summed E-state index contributed by atoms with van der Waals surface area (Å²) in [4.78, 5) is 24.3. The standard InChI is InChI=1S/C18H14Cl2N2O4/c1-10(17(23)22-13-5-3-11(9-21)4-6-13)26-18(24)12-7-14(19)16(25-2)15(20)8-12/h3-8,10H,1-2H3,(H,22,23)/t10-/m0/s1. The zero-order chi connectivity index (χ0) is 19.3.